The first-order chi connectivity index (χ1) is 9.54. The van der Waals surface area contributed by atoms with Gasteiger partial charge >= 0.3 is 0 Å². The van der Waals surface area contributed by atoms with Gasteiger partial charge in [-0.15, -0.1) is 11.3 Å². The van der Waals surface area contributed by atoms with Gasteiger partial charge in [0.25, 0.3) is 0 Å². The van der Waals surface area contributed by atoms with Crippen LogP contribution in [0.25, 0.3) is 0 Å². The van der Waals surface area contributed by atoms with Crippen molar-refractivity contribution in [3.05, 3.63) is 34.3 Å². The Kier molecular flexibility index (Phi) is 3.36. The Balaban J connectivity index is 1.78. The summed E-state index contributed by atoms with van der Waals surface area (Å²) in [7, 11) is -3.59. The number of hydrogen-bond acceptors (Lipinski definition) is 6. The Morgan fingerprint density at radius 3 is 2.90 bits per heavy atom. The number of thiazole rings is 1. The smallest absolute Gasteiger partial charge is 0.241 e. The van der Waals surface area contributed by atoms with E-state index in [0.29, 0.717) is 17.2 Å². The normalized spacial score (nSPS) is 13.7. The van der Waals surface area contributed by atoms with Gasteiger partial charge < -0.3 is 9.47 Å². The zero-order valence-corrected chi connectivity index (χ0v) is 12.3. The number of hydrogen-bond donors (Lipinski definition) is 1. The molecule has 6 nitrogen and oxygen atoms in total. The summed E-state index contributed by atoms with van der Waals surface area (Å²) in [6.45, 7) is 2.16. The first kappa shape index (κ1) is 13.3. The molecule has 0 amide bonds. The third-order valence-corrected chi connectivity index (χ3v) is 4.99. The van der Waals surface area contributed by atoms with E-state index in [1.165, 1.54) is 23.5 Å². The van der Waals surface area contributed by atoms with Crippen LogP contribution in [-0.4, -0.2) is 20.2 Å². The van der Waals surface area contributed by atoms with E-state index in [2.05, 4.69) is 9.71 Å². The molecule has 0 saturated heterocycles. The van der Waals surface area contributed by atoms with Gasteiger partial charge in [0.1, 0.15) is 0 Å². The highest BCUT2D eigenvalue weighted by Crippen LogP contribution is 2.33. The van der Waals surface area contributed by atoms with Crippen molar-refractivity contribution in [3.63, 3.8) is 0 Å². The number of nitrogens with one attached hydrogen (secondary N) is 1. The van der Waals surface area contributed by atoms with Crippen molar-refractivity contribution in [1.29, 1.82) is 0 Å². The summed E-state index contributed by atoms with van der Waals surface area (Å²) in [6, 6.07) is 4.53. The van der Waals surface area contributed by atoms with Gasteiger partial charge in [-0.05, 0) is 19.1 Å². The Morgan fingerprint density at radius 2 is 2.15 bits per heavy atom. The van der Waals surface area contributed by atoms with Gasteiger partial charge in [-0.25, -0.2) is 18.1 Å². The molecule has 8 heteroatoms. The van der Waals surface area contributed by atoms with Crippen molar-refractivity contribution in [2.45, 2.75) is 18.4 Å². The van der Waals surface area contributed by atoms with E-state index in [4.69, 9.17) is 9.47 Å². The quantitative estimate of drug-likeness (QED) is 0.929. The number of sulfonamides is 1. The molecule has 0 aliphatic carbocycles. The molecule has 1 aromatic carbocycles. The van der Waals surface area contributed by atoms with Gasteiger partial charge in [-0.2, -0.15) is 0 Å². The van der Waals surface area contributed by atoms with Gasteiger partial charge in [0.15, 0.2) is 11.5 Å². The second-order valence-corrected chi connectivity index (χ2v) is 7.03. The molecule has 106 valence electrons. The number of fused-ring (bicyclic) bond motifs is 1. The molecule has 1 aliphatic rings. The molecule has 1 N–H and O–H groups in total. The topological polar surface area (TPSA) is 77.5 Å². The van der Waals surface area contributed by atoms with E-state index in [1.807, 2.05) is 12.3 Å². The van der Waals surface area contributed by atoms with Crippen molar-refractivity contribution in [3.8, 4) is 11.5 Å². The van der Waals surface area contributed by atoms with Crippen LogP contribution in [0.5, 0.6) is 11.5 Å². The molecule has 0 bridgehead atoms. The van der Waals surface area contributed by atoms with Gasteiger partial charge in [0, 0.05) is 11.4 Å². The van der Waals surface area contributed by atoms with Crippen LogP contribution >= 0.6 is 11.3 Å². The van der Waals surface area contributed by atoms with Crippen molar-refractivity contribution >= 4 is 21.4 Å². The van der Waals surface area contributed by atoms with E-state index in [0.717, 1.165) is 5.01 Å². The summed E-state index contributed by atoms with van der Waals surface area (Å²) in [5, 5.41) is 2.74. The minimum absolute atomic E-state index is 0.115. The number of benzene rings is 1. The van der Waals surface area contributed by atoms with E-state index in [-0.39, 0.29) is 18.2 Å². The monoisotopic (exact) mass is 312 g/mol. The fourth-order valence-corrected chi connectivity index (χ4v) is 3.41. The van der Waals surface area contributed by atoms with E-state index < -0.39 is 10.0 Å². The summed E-state index contributed by atoms with van der Waals surface area (Å²) in [4.78, 5) is 4.36. The molecule has 2 heterocycles. The first-order valence-electron chi connectivity index (χ1n) is 5.85. The van der Waals surface area contributed by atoms with Crippen LogP contribution < -0.4 is 14.2 Å². The zero-order valence-electron chi connectivity index (χ0n) is 10.6. The Labute approximate surface area is 120 Å². The summed E-state index contributed by atoms with van der Waals surface area (Å²) in [5.74, 6) is 0.997. The SMILES string of the molecule is Cc1nc(CNS(=O)(=O)c2ccc3c(c2)OCO3)cs1. The lowest BCUT2D eigenvalue weighted by Gasteiger charge is -2.06. The van der Waals surface area contributed by atoms with Crippen LogP contribution in [0.2, 0.25) is 0 Å². The fourth-order valence-electron chi connectivity index (χ4n) is 1.79. The molecule has 0 spiro atoms. The number of rotatable bonds is 4. The number of nitrogens with zero attached hydrogens (tertiary/aromatic N) is 1. The maximum absolute atomic E-state index is 12.2. The molecule has 2 aromatic rings. The van der Waals surface area contributed by atoms with Crippen LogP contribution in [0, 0.1) is 6.92 Å². The van der Waals surface area contributed by atoms with Crippen LogP contribution in [0.3, 0.4) is 0 Å². The molecule has 0 saturated carbocycles. The average molecular weight is 312 g/mol. The molecule has 20 heavy (non-hydrogen) atoms. The summed E-state index contributed by atoms with van der Waals surface area (Å²) < 4.78 is 37.2. The van der Waals surface area contributed by atoms with Crippen LogP contribution in [0.1, 0.15) is 10.7 Å². The largest absolute Gasteiger partial charge is 0.454 e. The summed E-state index contributed by atoms with van der Waals surface area (Å²) in [6.07, 6.45) is 0. The van der Waals surface area contributed by atoms with Crippen molar-refractivity contribution in [2.24, 2.45) is 0 Å². The Hall–Kier alpha value is -1.64. The van der Waals surface area contributed by atoms with Crippen molar-refractivity contribution in [2.75, 3.05) is 6.79 Å². The maximum atomic E-state index is 12.2. The molecule has 0 fully saturated rings. The summed E-state index contributed by atoms with van der Waals surface area (Å²) >= 11 is 1.48. The van der Waals surface area contributed by atoms with Crippen LogP contribution in [0.4, 0.5) is 0 Å². The Morgan fingerprint density at radius 1 is 1.35 bits per heavy atom. The molecule has 3 rings (SSSR count). The lowest BCUT2D eigenvalue weighted by Crippen LogP contribution is -2.23. The van der Waals surface area contributed by atoms with Crippen LogP contribution in [-0.2, 0) is 16.6 Å². The standard InChI is InChI=1S/C12H12N2O4S2/c1-8-14-9(6-19-8)5-13-20(15,16)10-2-3-11-12(4-10)18-7-17-11/h2-4,6,13H,5,7H2,1H3. The molecule has 0 unspecified atom stereocenters. The highest BCUT2D eigenvalue weighted by molar-refractivity contribution is 7.89. The third kappa shape index (κ3) is 2.62. The lowest BCUT2D eigenvalue weighted by atomic mass is 10.3. The number of aryl methyl sites for hydroxylation is 1. The van der Waals surface area contributed by atoms with Gasteiger partial charge in [0.05, 0.1) is 22.1 Å². The second kappa shape index (κ2) is 5.04. The van der Waals surface area contributed by atoms with E-state index in [9.17, 15) is 8.42 Å². The molecule has 0 radical (unpaired) electrons. The summed E-state index contributed by atoms with van der Waals surface area (Å²) in [5.41, 5.74) is 0.705. The average Bonchev–Trinajstić information content (AvgIpc) is 3.04. The molecular weight excluding hydrogens is 300 g/mol. The number of ether oxygens (including phenoxy) is 2. The van der Waals surface area contributed by atoms with E-state index in [1.54, 1.807) is 6.07 Å². The van der Waals surface area contributed by atoms with E-state index >= 15 is 0 Å². The maximum Gasteiger partial charge on any atom is 0.241 e. The molecular formula is C12H12N2O4S2. The highest BCUT2D eigenvalue weighted by Gasteiger charge is 2.20. The minimum atomic E-state index is -3.59. The van der Waals surface area contributed by atoms with Crippen molar-refractivity contribution in [1.82, 2.24) is 9.71 Å². The van der Waals surface area contributed by atoms with Gasteiger partial charge in [0.2, 0.25) is 16.8 Å². The predicted octanol–water partition coefficient (Wildman–Crippen LogP) is 1.66. The second-order valence-electron chi connectivity index (χ2n) is 4.20. The fraction of sp³-hybridized carbons (Fsp3) is 0.250. The van der Waals surface area contributed by atoms with Crippen molar-refractivity contribution < 1.29 is 17.9 Å². The molecule has 1 aliphatic heterocycles. The first-order valence-corrected chi connectivity index (χ1v) is 8.21. The number of aromatic nitrogens is 1. The Bertz CT molecular complexity index is 740. The third-order valence-electron chi connectivity index (χ3n) is 2.76. The zero-order chi connectivity index (χ0) is 14.2. The highest BCUT2D eigenvalue weighted by atomic mass is 32.2. The van der Waals surface area contributed by atoms with Gasteiger partial charge in [-0.3, -0.25) is 0 Å². The van der Waals surface area contributed by atoms with Gasteiger partial charge in [-0.1, -0.05) is 0 Å². The molecule has 1 aromatic heterocycles. The predicted molar refractivity (Wildman–Crippen MR) is 73.4 cm³/mol. The molecule has 0 atom stereocenters. The lowest BCUT2D eigenvalue weighted by molar-refractivity contribution is 0.174. The minimum Gasteiger partial charge on any atom is -0.454 e. The van der Waals surface area contributed by atoms with Crippen LogP contribution in [0.15, 0.2) is 28.5 Å².